The fourth-order valence-corrected chi connectivity index (χ4v) is 3.70. The molecule has 1 aliphatic rings. The van der Waals surface area contributed by atoms with Crippen LogP contribution in [0, 0.1) is 6.92 Å². The summed E-state index contributed by atoms with van der Waals surface area (Å²) in [7, 11) is 0. The van der Waals surface area contributed by atoms with Gasteiger partial charge in [-0.1, -0.05) is 0 Å². The van der Waals surface area contributed by atoms with Crippen molar-refractivity contribution >= 4 is 34.0 Å². The normalized spacial score (nSPS) is 15.2. The van der Waals surface area contributed by atoms with E-state index in [2.05, 4.69) is 14.7 Å². The highest BCUT2D eigenvalue weighted by atomic mass is 32.1. The summed E-state index contributed by atoms with van der Waals surface area (Å²) in [6, 6.07) is 1.89. The van der Waals surface area contributed by atoms with Crippen LogP contribution in [0.4, 0.5) is 9.93 Å². The van der Waals surface area contributed by atoms with E-state index in [1.807, 2.05) is 32.2 Å². The SMILES string of the molecule is Cc1ccsc1-c1nsc(NC(=O)N2CC(OC(C)C)C2)n1. The summed E-state index contributed by atoms with van der Waals surface area (Å²) < 4.78 is 9.95. The molecule has 0 unspecified atom stereocenters. The van der Waals surface area contributed by atoms with Crippen molar-refractivity contribution < 1.29 is 9.53 Å². The van der Waals surface area contributed by atoms with Gasteiger partial charge in [-0.05, 0) is 37.8 Å². The number of anilines is 1. The van der Waals surface area contributed by atoms with Gasteiger partial charge < -0.3 is 9.64 Å². The minimum atomic E-state index is -0.144. The second-order valence-electron chi connectivity index (χ2n) is 5.50. The number of carbonyl (C=O) groups excluding carboxylic acids is 1. The lowest BCUT2D eigenvalue weighted by Crippen LogP contribution is -2.56. The van der Waals surface area contributed by atoms with E-state index < -0.39 is 0 Å². The molecule has 2 aromatic rings. The zero-order valence-electron chi connectivity index (χ0n) is 12.7. The summed E-state index contributed by atoms with van der Waals surface area (Å²) in [6.45, 7) is 7.27. The summed E-state index contributed by atoms with van der Waals surface area (Å²) in [4.78, 5) is 19.2. The number of ether oxygens (including phenoxy) is 1. The van der Waals surface area contributed by atoms with Gasteiger partial charge in [-0.15, -0.1) is 11.3 Å². The maximum absolute atomic E-state index is 12.1. The van der Waals surface area contributed by atoms with E-state index in [-0.39, 0.29) is 18.2 Å². The Bertz CT molecular complexity index is 661. The van der Waals surface area contributed by atoms with Gasteiger partial charge in [0.25, 0.3) is 0 Å². The van der Waals surface area contributed by atoms with Crippen LogP contribution >= 0.6 is 22.9 Å². The van der Waals surface area contributed by atoms with E-state index in [4.69, 9.17) is 4.74 Å². The first-order valence-corrected chi connectivity index (χ1v) is 8.78. The fraction of sp³-hybridized carbons (Fsp3) is 0.500. The Balaban J connectivity index is 1.55. The lowest BCUT2D eigenvalue weighted by Gasteiger charge is -2.39. The van der Waals surface area contributed by atoms with Crippen molar-refractivity contribution in [2.24, 2.45) is 0 Å². The van der Waals surface area contributed by atoms with Gasteiger partial charge in [-0.3, -0.25) is 5.32 Å². The van der Waals surface area contributed by atoms with Crippen LogP contribution in [0.2, 0.25) is 0 Å². The Labute approximate surface area is 137 Å². The lowest BCUT2D eigenvalue weighted by atomic mass is 10.2. The van der Waals surface area contributed by atoms with Crippen LogP contribution in [0.15, 0.2) is 11.4 Å². The molecule has 8 heteroatoms. The first kappa shape index (κ1) is 15.4. The Morgan fingerprint density at radius 2 is 2.27 bits per heavy atom. The molecule has 0 atom stereocenters. The van der Waals surface area contributed by atoms with Crippen LogP contribution in [-0.4, -0.2) is 45.6 Å². The van der Waals surface area contributed by atoms with E-state index in [1.54, 1.807) is 16.2 Å². The van der Waals surface area contributed by atoms with Gasteiger partial charge >= 0.3 is 6.03 Å². The summed E-state index contributed by atoms with van der Waals surface area (Å²) in [5.41, 5.74) is 1.15. The van der Waals surface area contributed by atoms with Crippen LogP contribution < -0.4 is 5.32 Å². The van der Waals surface area contributed by atoms with Gasteiger partial charge in [-0.2, -0.15) is 9.36 Å². The topological polar surface area (TPSA) is 67.4 Å². The third kappa shape index (κ3) is 3.29. The van der Waals surface area contributed by atoms with Gasteiger partial charge in [0.2, 0.25) is 5.13 Å². The Kier molecular flexibility index (Phi) is 4.42. The number of aromatic nitrogens is 2. The number of rotatable bonds is 4. The molecule has 6 nitrogen and oxygen atoms in total. The Hall–Kier alpha value is -1.51. The van der Waals surface area contributed by atoms with E-state index >= 15 is 0 Å². The van der Waals surface area contributed by atoms with Gasteiger partial charge in [0, 0.05) is 11.5 Å². The van der Waals surface area contributed by atoms with E-state index in [0.29, 0.717) is 24.0 Å². The Morgan fingerprint density at radius 1 is 1.50 bits per heavy atom. The van der Waals surface area contributed by atoms with Crippen molar-refractivity contribution in [1.29, 1.82) is 0 Å². The van der Waals surface area contributed by atoms with Gasteiger partial charge in [0.1, 0.15) is 0 Å². The summed E-state index contributed by atoms with van der Waals surface area (Å²) >= 11 is 2.81. The highest BCUT2D eigenvalue weighted by Crippen LogP contribution is 2.29. The number of urea groups is 1. The average molecular weight is 338 g/mol. The fourth-order valence-electron chi connectivity index (χ4n) is 2.21. The largest absolute Gasteiger partial charge is 0.372 e. The first-order valence-electron chi connectivity index (χ1n) is 7.12. The zero-order chi connectivity index (χ0) is 15.7. The molecule has 22 heavy (non-hydrogen) atoms. The summed E-state index contributed by atoms with van der Waals surface area (Å²) in [6.07, 6.45) is 0.333. The Morgan fingerprint density at radius 3 is 2.91 bits per heavy atom. The third-order valence-corrected chi connectivity index (χ3v) is 4.95. The van der Waals surface area contributed by atoms with Crippen molar-refractivity contribution in [2.75, 3.05) is 18.4 Å². The minimum absolute atomic E-state index is 0.143. The van der Waals surface area contributed by atoms with Gasteiger partial charge in [-0.25, -0.2) is 4.79 Å². The highest BCUT2D eigenvalue weighted by Gasteiger charge is 2.32. The van der Waals surface area contributed by atoms with E-state index in [1.165, 1.54) is 11.5 Å². The van der Waals surface area contributed by atoms with Crippen molar-refractivity contribution in [3.8, 4) is 10.7 Å². The number of carbonyl (C=O) groups is 1. The maximum Gasteiger partial charge on any atom is 0.323 e. The lowest BCUT2D eigenvalue weighted by molar-refractivity contribution is -0.0624. The molecule has 0 spiro atoms. The molecule has 0 aliphatic carbocycles. The molecule has 1 fully saturated rings. The van der Waals surface area contributed by atoms with Crippen LogP contribution in [0.25, 0.3) is 10.7 Å². The molecule has 0 aromatic carbocycles. The predicted molar refractivity (Wildman–Crippen MR) is 88.6 cm³/mol. The van der Waals surface area contributed by atoms with Crippen molar-refractivity contribution in [3.63, 3.8) is 0 Å². The number of likely N-dealkylation sites (tertiary alicyclic amines) is 1. The van der Waals surface area contributed by atoms with Crippen molar-refractivity contribution in [1.82, 2.24) is 14.3 Å². The quantitative estimate of drug-likeness (QED) is 0.929. The second-order valence-corrected chi connectivity index (χ2v) is 7.17. The van der Waals surface area contributed by atoms with Crippen LogP contribution in [-0.2, 0) is 4.74 Å². The molecule has 3 rings (SSSR count). The average Bonchev–Trinajstić information content (AvgIpc) is 3.01. The number of amides is 2. The second kappa shape index (κ2) is 6.31. The standard InChI is InChI=1S/C14H18N4O2S2/c1-8(2)20-10-6-18(7-10)14(19)16-13-15-12(17-22-13)11-9(3)4-5-21-11/h4-5,8,10H,6-7H2,1-3H3,(H,15,16,17,19). The molecule has 1 aliphatic heterocycles. The molecule has 1 saturated heterocycles. The number of hydrogen-bond donors (Lipinski definition) is 1. The maximum atomic E-state index is 12.1. The van der Waals surface area contributed by atoms with Crippen LogP contribution in [0.5, 0.6) is 0 Å². The third-order valence-electron chi connectivity index (χ3n) is 3.30. The summed E-state index contributed by atoms with van der Waals surface area (Å²) in [5, 5.41) is 5.34. The molecule has 0 radical (unpaired) electrons. The number of thiophene rings is 1. The summed E-state index contributed by atoms with van der Waals surface area (Å²) in [5.74, 6) is 0.678. The number of aryl methyl sites for hydroxylation is 1. The molecule has 2 aromatic heterocycles. The van der Waals surface area contributed by atoms with Crippen molar-refractivity contribution in [3.05, 3.63) is 17.0 Å². The number of hydrogen-bond acceptors (Lipinski definition) is 6. The highest BCUT2D eigenvalue weighted by molar-refractivity contribution is 7.14. The molecule has 2 amide bonds. The predicted octanol–water partition coefficient (Wildman–Crippen LogP) is 3.22. The van der Waals surface area contributed by atoms with Crippen LogP contribution in [0.3, 0.4) is 0 Å². The number of nitrogens with zero attached hydrogens (tertiary/aromatic N) is 3. The molecule has 3 heterocycles. The zero-order valence-corrected chi connectivity index (χ0v) is 14.3. The molecular formula is C14H18N4O2S2. The van der Waals surface area contributed by atoms with Crippen molar-refractivity contribution in [2.45, 2.75) is 33.0 Å². The van der Waals surface area contributed by atoms with E-state index in [0.717, 1.165) is 10.4 Å². The van der Waals surface area contributed by atoms with E-state index in [9.17, 15) is 4.79 Å². The van der Waals surface area contributed by atoms with Gasteiger partial charge in [0.15, 0.2) is 5.82 Å². The first-order chi connectivity index (χ1) is 10.5. The molecule has 0 saturated carbocycles. The molecule has 0 bridgehead atoms. The smallest absolute Gasteiger partial charge is 0.323 e. The minimum Gasteiger partial charge on any atom is -0.372 e. The van der Waals surface area contributed by atoms with Gasteiger partial charge in [0.05, 0.1) is 30.2 Å². The van der Waals surface area contributed by atoms with Crippen LogP contribution in [0.1, 0.15) is 19.4 Å². The number of nitrogens with one attached hydrogen (secondary N) is 1. The molecule has 118 valence electrons. The molecule has 1 N–H and O–H groups in total. The monoisotopic (exact) mass is 338 g/mol. The molecular weight excluding hydrogens is 320 g/mol.